The quantitative estimate of drug-likeness (QED) is 0.791. The minimum atomic E-state index is -0.509. The van der Waals surface area contributed by atoms with Crippen LogP contribution < -0.4 is 5.32 Å². The van der Waals surface area contributed by atoms with Crippen molar-refractivity contribution in [2.75, 3.05) is 6.61 Å². The van der Waals surface area contributed by atoms with Crippen LogP contribution in [-0.2, 0) is 0 Å². The summed E-state index contributed by atoms with van der Waals surface area (Å²) in [4.78, 5) is 0. The lowest BCUT2D eigenvalue weighted by molar-refractivity contribution is 0.235. The molecule has 2 rings (SSSR count). The highest BCUT2D eigenvalue weighted by Crippen LogP contribution is 2.33. The van der Waals surface area contributed by atoms with Gasteiger partial charge in [0.1, 0.15) is 5.82 Å². The summed E-state index contributed by atoms with van der Waals surface area (Å²) in [5.74, 6) is -0.509. The Hall–Kier alpha value is -1.13. The highest BCUT2D eigenvalue weighted by atomic mass is 35.5. The average molecular weight is 328 g/mol. The van der Waals surface area contributed by atoms with E-state index >= 15 is 0 Å². The Labute approximate surface area is 133 Å². The number of halogens is 3. The summed E-state index contributed by atoms with van der Waals surface area (Å²) >= 11 is 12.1. The molecule has 0 spiro atoms. The molecule has 2 atom stereocenters. The molecule has 21 heavy (non-hydrogen) atoms. The summed E-state index contributed by atoms with van der Waals surface area (Å²) < 4.78 is 13.6. The van der Waals surface area contributed by atoms with Gasteiger partial charge in [0.25, 0.3) is 0 Å². The molecule has 0 radical (unpaired) electrons. The minimum Gasteiger partial charge on any atom is -0.394 e. The second-order valence-electron chi connectivity index (χ2n) is 4.79. The Kier molecular flexibility index (Phi) is 5.59. The number of nitrogens with one attached hydrogen (secondary N) is 1. The molecule has 0 bridgehead atoms. The van der Waals surface area contributed by atoms with Crippen LogP contribution in [0, 0.1) is 5.82 Å². The lowest BCUT2D eigenvalue weighted by Crippen LogP contribution is -2.27. The van der Waals surface area contributed by atoms with E-state index in [2.05, 4.69) is 5.32 Å². The molecule has 0 saturated heterocycles. The van der Waals surface area contributed by atoms with E-state index in [0.29, 0.717) is 10.6 Å². The number of hydrogen-bond donors (Lipinski definition) is 2. The Bertz CT molecular complexity index is 607. The average Bonchev–Trinajstić information content (AvgIpc) is 2.50. The molecule has 0 aliphatic heterocycles. The lowest BCUT2D eigenvalue weighted by atomic mass is 10.0. The van der Waals surface area contributed by atoms with Crippen LogP contribution >= 0.6 is 23.2 Å². The summed E-state index contributed by atoms with van der Waals surface area (Å²) in [6.45, 7) is 1.75. The molecule has 0 aliphatic rings. The van der Waals surface area contributed by atoms with Crippen molar-refractivity contribution in [3.8, 4) is 0 Å². The third-order valence-corrected chi connectivity index (χ3v) is 4.06. The van der Waals surface area contributed by atoms with Crippen LogP contribution in [0.15, 0.2) is 42.5 Å². The largest absolute Gasteiger partial charge is 0.394 e. The summed E-state index contributed by atoms with van der Waals surface area (Å²) in [7, 11) is 0. The van der Waals surface area contributed by atoms with Crippen LogP contribution in [0.25, 0.3) is 0 Å². The molecule has 0 amide bonds. The van der Waals surface area contributed by atoms with E-state index in [0.717, 1.165) is 5.56 Å². The molecule has 0 saturated carbocycles. The monoisotopic (exact) mass is 327 g/mol. The Morgan fingerprint density at radius 1 is 1.14 bits per heavy atom. The van der Waals surface area contributed by atoms with E-state index in [1.165, 1.54) is 12.1 Å². The molecule has 0 heterocycles. The minimum absolute atomic E-state index is 0.00671. The second-order valence-corrected chi connectivity index (χ2v) is 5.58. The zero-order valence-corrected chi connectivity index (χ0v) is 13.0. The predicted octanol–water partition coefficient (Wildman–Crippen LogP) is 4.52. The third kappa shape index (κ3) is 3.74. The topological polar surface area (TPSA) is 32.3 Å². The van der Waals surface area contributed by atoms with Crippen molar-refractivity contribution >= 4 is 23.2 Å². The van der Waals surface area contributed by atoms with Crippen LogP contribution in [0.5, 0.6) is 0 Å². The Morgan fingerprint density at radius 2 is 1.81 bits per heavy atom. The van der Waals surface area contributed by atoms with Crippen LogP contribution in [-0.4, -0.2) is 11.7 Å². The van der Waals surface area contributed by atoms with E-state index in [9.17, 15) is 9.50 Å². The van der Waals surface area contributed by atoms with Crippen molar-refractivity contribution in [2.45, 2.75) is 19.0 Å². The molecule has 0 aliphatic carbocycles. The highest BCUT2D eigenvalue weighted by Gasteiger charge is 2.20. The van der Waals surface area contributed by atoms with Crippen LogP contribution in [0.1, 0.15) is 30.1 Å². The van der Waals surface area contributed by atoms with Gasteiger partial charge in [0, 0.05) is 16.6 Å². The first kappa shape index (κ1) is 16.2. The molecule has 2 unspecified atom stereocenters. The SMILES string of the molecule is CC(NC(CO)c1ccccc1)c1c(Cl)ccc(F)c1Cl. The Morgan fingerprint density at radius 3 is 2.43 bits per heavy atom. The van der Waals surface area contributed by atoms with Gasteiger partial charge in [-0.1, -0.05) is 53.5 Å². The molecule has 2 N–H and O–H groups in total. The van der Waals surface area contributed by atoms with E-state index in [-0.39, 0.29) is 23.7 Å². The summed E-state index contributed by atoms with van der Waals surface area (Å²) in [5.41, 5.74) is 1.43. The van der Waals surface area contributed by atoms with Crippen molar-refractivity contribution in [1.29, 1.82) is 0 Å². The molecule has 2 aromatic rings. The number of rotatable bonds is 5. The van der Waals surface area contributed by atoms with Crippen molar-refractivity contribution in [3.05, 3.63) is 69.5 Å². The zero-order chi connectivity index (χ0) is 15.4. The van der Waals surface area contributed by atoms with Crippen LogP contribution in [0.3, 0.4) is 0 Å². The van der Waals surface area contributed by atoms with Gasteiger partial charge in [-0.15, -0.1) is 0 Å². The van der Waals surface area contributed by atoms with Gasteiger partial charge in [0.15, 0.2) is 0 Å². The maximum absolute atomic E-state index is 13.6. The Balaban J connectivity index is 2.25. The smallest absolute Gasteiger partial charge is 0.142 e. The first-order chi connectivity index (χ1) is 10.0. The second kappa shape index (κ2) is 7.23. The van der Waals surface area contributed by atoms with Crippen LogP contribution in [0.4, 0.5) is 4.39 Å². The normalized spacial score (nSPS) is 14.0. The number of hydrogen-bond acceptors (Lipinski definition) is 2. The maximum atomic E-state index is 13.6. The fraction of sp³-hybridized carbons (Fsp3) is 0.250. The van der Waals surface area contributed by atoms with Gasteiger partial charge in [0.2, 0.25) is 0 Å². The molecule has 2 aromatic carbocycles. The van der Waals surface area contributed by atoms with Gasteiger partial charge in [-0.25, -0.2) is 4.39 Å². The van der Waals surface area contributed by atoms with Gasteiger partial charge >= 0.3 is 0 Å². The maximum Gasteiger partial charge on any atom is 0.142 e. The van der Waals surface area contributed by atoms with Crippen molar-refractivity contribution in [3.63, 3.8) is 0 Å². The van der Waals surface area contributed by atoms with E-state index in [1.807, 2.05) is 37.3 Å². The first-order valence-electron chi connectivity index (χ1n) is 6.59. The van der Waals surface area contributed by atoms with Gasteiger partial charge in [-0.3, -0.25) is 0 Å². The van der Waals surface area contributed by atoms with Gasteiger partial charge in [0.05, 0.1) is 17.7 Å². The molecule has 0 fully saturated rings. The third-order valence-electron chi connectivity index (χ3n) is 3.35. The fourth-order valence-electron chi connectivity index (χ4n) is 2.26. The fourth-order valence-corrected chi connectivity index (χ4v) is 2.96. The first-order valence-corrected chi connectivity index (χ1v) is 7.35. The molecule has 5 heteroatoms. The summed E-state index contributed by atoms with van der Waals surface area (Å²) in [6.07, 6.45) is 0. The predicted molar refractivity (Wildman–Crippen MR) is 84.2 cm³/mol. The molecular weight excluding hydrogens is 312 g/mol. The highest BCUT2D eigenvalue weighted by molar-refractivity contribution is 6.36. The van der Waals surface area contributed by atoms with Crippen molar-refractivity contribution in [1.82, 2.24) is 5.32 Å². The van der Waals surface area contributed by atoms with Crippen molar-refractivity contribution < 1.29 is 9.50 Å². The van der Waals surface area contributed by atoms with E-state index in [1.54, 1.807) is 0 Å². The number of aliphatic hydroxyl groups excluding tert-OH is 1. The summed E-state index contributed by atoms with van der Waals surface area (Å²) in [6, 6.07) is 11.6. The number of aliphatic hydroxyl groups is 1. The van der Waals surface area contributed by atoms with Gasteiger partial charge < -0.3 is 10.4 Å². The molecule has 2 nitrogen and oxygen atoms in total. The molecule has 0 aromatic heterocycles. The van der Waals surface area contributed by atoms with Gasteiger partial charge in [-0.2, -0.15) is 0 Å². The summed E-state index contributed by atoms with van der Waals surface area (Å²) in [5, 5.41) is 13.2. The van der Waals surface area contributed by atoms with E-state index < -0.39 is 5.82 Å². The standard InChI is InChI=1S/C16H16Cl2FNO/c1-10(15-12(17)7-8-13(19)16(15)18)20-14(9-21)11-5-3-2-4-6-11/h2-8,10,14,20-21H,9H2,1H3. The van der Waals surface area contributed by atoms with Crippen LogP contribution in [0.2, 0.25) is 10.0 Å². The van der Waals surface area contributed by atoms with Crippen molar-refractivity contribution in [2.24, 2.45) is 0 Å². The molecule has 112 valence electrons. The van der Waals surface area contributed by atoms with Gasteiger partial charge in [-0.05, 0) is 24.6 Å². The molecular formula is C16H16Cl2FNO. The zero-order valence-electron chi connectivity index (χ0n) is 11.5. The van der Waals surface area contributed by atoms with E-state index in [4.69, 9.17) is 23.2 Å². The number of benzene rings is 2. The lowest BCUT2D eigenvalue weighted by Gasteiger charge is -2.24.